The maximum Gasteiger partial charge on any atom is 0.223 e. The van der Waals surface area contributed by atoms with Crippen molar-refractivity contribution in [1.82, 2.24) is 4.90 Å². The standard InChI is InChI=1S/C17H32N2O.ClH/c1-14(2)19(15-8-4-5-9-15)16(20)12-17(13-18)10-6-3-7-11-17;/h14-15H,3-13,18H2,1-2H3;1H. The van der Waals surface area contributed by atoms with Crippen molar-refractivity contribution in [3.05, 3.63) is 0 Å². The molecule has 3 nitrogen and oxygen atoms in total. The molecule has 0 aromatic carbocycles. The number of hydrogen-bond donors (Lipinski definition) is 1. The third-order valence-corrected chi connectivity index (χ3v) is 5.44. The number of nitrogens with two attached hydrogens (primary N) is 1. The van der Waals surface area contributed by atoms with E-state index in [9.17, 15) is 4.79 Å². The fourth-order valence-electron chi connectivity index (χ4n) is 4.26. The van der Waals surface area contributed by atoms with Crippen molar-refractivity contribution in [2.24, 2.45) is 11.1 Å². The van der Waals surface area contributed by atoms with Gasteiger partial charge in [-0.05, 0) is 51.5 Å². The summed E-state index contributed by atoms with van der Waals surface area (Å²) in [7, 11) is 0. The van der Waals surface area contributed by atoms with Crippen LogP contribution in [0.25, 0.3) is 0 Å². The van der Waals surface area contributed by atoms with Gasteiger partial charge in [0.05, 0.1) is 0 Å². The molecule has 0 aliphatic heterocycles. The molecular weight excluding hydrogens is 284 g/mol. The second kappa shape index (κ2) is 8.38. The van der Waals surface area contributed by atoms with Gasteiger partial charge >= 0.3 is 0 Å². The normalized spacial score (nSPS) is 22.1. The highest BCUT2D eigenvalue weighted by atomic mass is 35.5. The van der Waals surface area contributed by atoms with E-state index >= 15 is 0 Å². The topological polar surface area (TPSA) is 46.3 Å². The van der Waals surface area contributed by atoms with E-state index in [0.29, 0.717) is 31.0 Å². The summed E-state index contributed by atoms with van der Waals surface area (Å²) in [5.74, 6) is 0.360. The van der Waals surface area contributed by atoms with Crippen molar-refractivity contribution < 1.29 is 4.79 Å². The van der Waals surface area contributed by atoms with Gasteiger partial charge in [0.2, 0.25) is 5.91 Å². The molecular formula is C17H33ClN2O. The zero-order chi connectivity index (χ0) is 14.6. The van der Waals surface area contributed by atoms with Gasteiger partial charge in [-0.25, -0.2) is 0 Å². The first kappa shape index (κ1) is 18.8. The molecule has 2 N–H and O–H groups in total. The lowest BCUT2D eigenvalue weighted by atomic mass is 9.71. The van der Waals surface area contributed by atoms with Crippen LogP contribution in [0.5, 0.6) is 0 Å². The minimum Gasteiger partial charge on any atom is -0.337 e. The molecule has 124 valence electrons. The molecule has 2 saturated carbocycles. The van der Waals surface area contributed by atoms with Crippen LogP contribution in [-0.2, 0) is 4.79 Å². The maximum absolute atomic E-state index is 12.9. The highest BCUT2D eigenvalue weighted by Gasteiger charge is 2.37. The van der Waals surface area contributed by atoms with Gasteiger partial charge in [0.15, 0.2) is 0 Å². The largest absolute Gasteiger partial charge is 0.337 e. The van der Waals surface area contributed by atoms with Gasteiger partial charge in [0.25, 0.3) is 0 Å². The maximum atomic E-state index is 12.9. The van der Waals surface area contributed by atoms with Crippen molar-refractivity contribution in [1.29, 1.82) is 0 Å². The number of halogens is 1. The van der Waals surface area contributed by atoms with E-state index in [1.54, 1.807) is 0 Å². The summed E-state index contributed by atoms with van der Waals surface area (Å²) in [5.41, 5.74) is 6.14. The predicted molar refractivity (Wildman–Crippen MR) is 90.7 cm³/mol. The van der Waals surface area contributed by atoms with Crippen LogP contribution in [0, 0.1) is 5.41 Å². The minimum absolute atomic E-state index is 0. The molecule has 0 radical (unpaired) electrons. The Labute approximate surface area is 136 Å². The second-order valence-electron chi connectivity index (χ2n) is 7.27. The number of hydrogen-bond acceptors (Lipinski definition) is 2. The summed E-state index contributed by atoms with van der Waals surface area (Å²) in [6.45, 7) is 4.99. The second-order valence-corrected chi connectivity index (χ2v) is 7.27. The zero-order valence-electron chi connectivity index (χ0n) is 13.8. The molecule has 0 heterocycles. The van der Waals surface area contributed by atoms with E-state index < -0.39 is 0 Å². The number of amides is 1. The zero-order valence-corrected chi connectivity index (χ0v) is 14.6. The van der Waals surface area contributed by atoms with Crippen molar-refractivity contribution in [3.63, 3.8) is 0 Å². The molecule has 1 amide bonds. The quantitative estimate of drug-likeness (QED) is 0.836. The molecule has 0 atom stereocenters. The molecule has 21 heavy (non-hydrogen) atoms. The first-order valence-electron chi connectivity index (χ1n) is 8.59. The molecule has 0 aromatic rings. The molecule has 0 bridgehead atoms. The lowest BCUT2D eigenvalue weighted by molar-refractivity contribution is -0.138. The van der Waals surface area contributed by atoms with Gasteiger partial charge in [-0.1, -0.05) is 32.1 Å². The Morgan fingerprint density at radius 1 is 1.14 bits per heavy atom. The monoisotopic (exact) mass is 316 g/mol. The van der Waals surface area contributed by atoms with Crippen molar-refractivity contribution >= 4 is 18.3 Å². The van der Waals surface area contributed by atoms with Crippen LogP contribution < -0.4 is 5.73 Å². The van der Waals surface area contributed by atoms with Crippen LogP contribution in [0.4, 0.5) is 0 Å². The number of carbonyl (C=O) groups excluding carboxylic acids is 1. The Hall–Kier alpha value is -0.280. The first-order chi connectivity index (χ1) is 9.58. The summed E-state index contributed by atoms with van der Waals surface area (Å²) in [6, 6.07) is 0.810. The summed E-state index contributed by atoms with van der Waals surface area (Å²) in [6.07, 6.45) is 11.7. The van der Waals surface area contributed by atoms with Gasteiger partial charge in [0, 0.05) is 18.5 Å². The third kappa shape index (κ3) is 4.59. The Bertz CT molecular complexity index is 321. The highest BCUT2D eigenvalue weighted by Crippen LogP contribution is 2.39. The highest BCUT2D eigenvalue weighted by molar-refractivity contribution is 5.85. The minimum atomic E-state index is 0. The Balaban J connectivity index is 0.00000220. The van der Waals surface area contributed by atoms with Crippen LogP contribution in [0.3, 0.4) is 0 Å². The van der Waals surface area contributed by atoms with E-state index in [1.165, 1.54) is 44.9 Å². The van der Waals surface area contributed by atoms with Crippen LogP contribution in [0.15, 0.2) is 0 Å². The number of rotatable bonds is 5. The van der Waals surface area contributed by atoms with Crippen LogP contribution in [0.2, 0.25) is 0 Å². The van der Waals surface area contributed by atoms with E-state index in [2.05, 4.69) is 18.7 Å². The molecule has 0 saturated heterocycles. The first-order valence-corrected chi connectivity index (χ1v) is 8.59. The molecule has 2 aliphatic rings. The Morgan fingerprint density at radius 3 is 2.19 bits per heavy atom. The van der Waals surface area contributed by atoms with Gasteiger partial charge < -0.3 is 10.6 Å². The Morgan fingerprint density at radius 2 is 1.71 bits per heavy atom. The number of carbonyl (C=O) groups is 1. The third-order valence-electron chi connectivity index (χ3n) is 5.44. The van der Waals surface area contributed by atoms with Crippen molar-refractivity contribution in [2.75, 3.05) is 6.54 Å². The van der Waals surface area contributed by atoms with Gasteiger partial charge in [0.1, 0.15) is 0 Å². The van der Waals surface area contributed by atoms with Gasteiger partial charge in [-0.3, -0.25) is 4.79 Å². The van der Waals surface area contributed by atoms with Crippen LogP contribution in [-0.4, -0.2) is 29.4 Å². The van der Waals surface area contributed by atoms with E-state index in [1.807, 2.05) is 0 Å². The summed E-state index contributed by atoms with van der Waals surface area (Å²) in [4.78, 5) is 15.1. The molecule has 4 heteroatoms. The Kier molecular flexibility index (Phi) is 7.49. The van der Waals surface area contributed by atoms with Gasteiger partial charge in [-0.15, -0.1) is 12.4 Å². The van der Waals surface area contributed by atoms with Crippen molar-refractivity contribution in [2.45, 2.75) is 90.1 Å². The smallest absolute Gasteiger partial charge is 0.223 e. The average molecular weight is 317 g/mol. The lowest BCUT2D eigenvalue weighted by Gasteiger charge is -2.40. The number of nitrogens with zero attached hydrogens (tertiary/aromatic N) is 1. The fraction of sp³-hybridized carbons (Fsp3) is 0.941. The molecule has 0 unspecified atom stereocenters. The fourth-order valence-corrected chi connectivity index (χ4v) is 4.26. The molecule has 0 aromatic heterocycles. The molecule has 2 fully saturated rings. The predicted octanol–water partition coefficient (Wildman–Crippen LogP) is 3.89. The summed E-state index contributed by atoms with van der Waals surface area (Å²) in [5, 5.41) is 0. The van der Waals surface area contributed by atoms with Crippen molar-refractivity contribution in [3.8, 4) is 0 Å². The summed E-state index contributed by atoms with van der Waals surface area (Å²) >= 11 is 0. The lowest BCUT2D eigenvalue weighted by Crippen LogP contribution is -2.47. The average Bonchev–Trinajstić information content (AvgIpc) is 2.93. The molecule has 2 rings (SSSR count). The molecule has 2 aliphatic carbocycles. The van der Waals surface area contributed by atoms with Crippen LogP contribution >= 0.6 is 12.4 Å². The summed E-state index contributed by atoms with van der Waals surface area (Å²) < 4.78 is 0. The van der Waals surface area contributed by atoms with E-state index in [-0.39, 0.29) is 17.8 Å². The van der Waals surface area contributed by atoms with Crippen LogP contribution in [0.1, 0.15) is 78.1 Å². The molecule has 0 spiro atoms. The van der Waals surface area contributed by atoms with E-state index in [4.69, 9.17) is 5.73 Å². The van der Waals surface area contributed by atoms with Gasteiger partial charge in [-0.2, -0.15) is 0 Å². The SMILES string of the molecule is CC(C)N(C(=O)CC1(CN)CCCCC1)C1CCCC1.Cl. The van der Waals surface area contributed by atoms with E-state index in [0.717, 1.165) is 12.8 Å².